The molecule has 0 spiro atoms. The van der Waals surface area contributed by atoms with Crippen LogP contribution in [0.2, 0.25) is 5.02 Å². The van der Waals surface area contributed by atoms with Crippen molar-refractivity contribution in [3.8, 4) is 0 Å². The fraction of sp³-hybridized carbons (Fsp3) is 0.692. The molecule has 1 aromatic rings. The third-order valence-corrected chi connectivity index (χ3v) is 4.98. The van der Waals surface area contributed by atoms with Gasteiger partial charge in [-0.05, 0) is 13.8 Å². The predicted molar refractivity (Wildman–Crippen MR) is 87.5 cm³/mol. The summed E-state index contributed by atoms with van der Waals surface area (Å²) in [5, 5.41) is 0.209. The zero-order chi connectivity index (χ0) is 18.6. The summed E-state index contributed by atoms with van der Waals surface area (Å²) in [6, 6.07) is 0. The molecule has 2 aliphatic rings. The molecular formula is C13H19ClF2N3O5P. The number of ether oxygens (including phenoxy) is 1. The van der Waals surface area contributed by atoms with Crippen LogP contribution in [0.5, 0.6) is 0 Å². The minimum Gasteiger partial charge on any atom is -0.382 e. The highest BCUT2D eigenvalue weighted by atomic mass is 35.5. The van der Waals surface area contributed by atoms with Crippen LogP contribution in [-0.4, -0.2) is 41.4 Å². The Labute approximate surface area is 149 Å². The van der Waals surface area contributed by atoms with Crippen molar-refractivity contribution < 1.29 is 27.1 Å². The molecule has 142 valence electrons. The van der Waals surface area contributed by atoms with E-state index in [1.165, 1.54) is 10.8 Å². The fourth-order valence-electron chi connectivity index (χ4n) is 2.30. The van der Waals surface area contributed by atoms with Crippen molar-refractivity contribution in [2.24, 2.45) is 0 Å². The van der Waals surface area contributed by atoms with Crippen LogP contribution < -0.4 is 11.4 Å². The lowest BCUT2D eigenvalue weighted by molar-refractivity contribution is -0.0640. The lowest BCUT2D eigenvalue weighted by atomic mass is 10.2. The number of nitrogens with two attached hydrogens (primary N) is 1. The Morgan fingerprint density at radius 2 is 2.20 bits per heavy atom. The second-order valence-corrected chi connectivity index (χ2v) is 6.98. The number of nitrogens with zero attached hydrogens (tertiary/aromatic N) is 2. The minimum absolute atomic E-state index is 0.00627. The average Bonchev–Trinajstić information content (AvgIpc) is 2.94. The van der Waals surface area contributed by atoms with Gasteiger partial charge in [0.05, 0.1) is 23.8 Å². The molecule has 2 aliphatic heterocycles. The van der Waals surface area contributed by atoms with Gasteiger partial charge in [0.25, 0.3) is 0 Å². The van der Waals surface area contributed by atoms with Gasteiger partial charge in [-0.2, -0.15) is 4.98 Å². The zero-order valence-corrected chi connectivity index (χ0v) is 15.3. The zero-order valence-electron chi connectivity index (χ0n) is 13.6. The van der Waals surface area contributed by atoms with Gasteiger partial charge >= 0.3 is 14.3 Å². The van der Waals surface area contributed by atoms with Crippen molar-refractivity contribution in [2.75, 3.05) is 19.3 Å². The highest BCUT2D eigenvalue weighted by molar-refractivity contribution is 7.41. The van der Waals surface area contributed by atoms with Crippen LogP contribution in [0.25, 0.3) is 0 Å². The second-order valence-electron chi connectivity index (χ2n) is 5.45. The maximum Gasteiger partial charge on any atom is 0.351 e. The molecular weight excluding hydrogens is 383 g/mol. The maximum absolute atomic E-state index is 11.9. The average molecular weight is 402 g/mol. The summed E-state index contributed by atoms with van der Waals surface area (Å²) in [6.07, 6.45) is 1.00. The molecule has 2 saturated heterocycles. The van der Waals surface area contributed by atoms with E-state index < -0.39 is 27.4 Å². The molecule has 12 heteroatoms. The van der Waals surface area contributed by atoms with E-state index in [-0.39, 0.29) is 29.2 Å². The lowest BCUT2D eigenvalue weighted by Gasteiger charge is -2.30. The number of fused-ring (bicyclic) bond motifs is 1. The third kappa shape index (κ3) is 5.29. The standard InChI is InChI=1S/C12H17ClN3O5P.CH2F2/c1-6(2)20-22-18-5-9-8(21-22)3-10(19-9)16-4-7(13)11(14)15-12(16)17;2-1-3/h4,6,8-10H,3,5H2,1-2H3,(H2,14,15,17);1H2. The molecule has 3 heterocycles. The number of aromatic nitrogens is 2. The molecule has 2 N–H and O–H groups in total. The molecule has 0 saturated carbocycles. The second kappa shape index (κ2) is 9.16. The van der Waals surface area contributed by atoms with Crippen LogP contribution in [-0.2, 0) is 18.3 Å². The Kier molecular flexibility index (Phi) is 7.48. The predicted octanol–water partition coefficient (Wildman–Crippen LogP) is 2.72. The molecule has 0 aliphatic carbocycles. The summed E-state index contributed by atoms with van der Waals surface area (Å²) in [5.74, 6) is 0.00627. The van der Waals surface area contributed by atoms with E-state index in [1.54, 1.807) is 0 Å². The van der Waals surface area contributed by atoms with Crippen molar-refractivity contribution >= 4 is 26.0 Å². The van der Waals surface area contributed by atoms with Crippen molar-refractivity contribution in [3.05, 3.63) is 21.7 Å². The van der Waals surface area contributed by atoms with E-state index in [1.807, 2.05) is 13.8 Å². The fourth-order valence-corrected chi connectivity index (χ4v) is 3.67. The smallest absolute Gasteiger partial charge is 0.351 e. The monoisotopic (exact) mass is 401 g/mol. The quantitative estimate of drug-likeness (QED) is 0.777. The van der Waals surface area contributed by atoms with E-state index >= 15 is 0 Å². The Balaban J connectivity index is 0.000000701. The number of alkyl halides is 2. The van der Waals surface area contributed by atoms with Gasteiger partial charge in [-0.25, -0.2) is 13.6 Å². The first-order valence-electron chi connectivity index (χ1n) is 7.43. The van der Waals surface area contributed by atoms with Crippen LogP contribution in [0.1, 0.15) is 26.5 Å². The summed E-state index contributed by atoms with van der Waals surface area (Å²) in [4.78, 5) is 15.6. The molecule has 0 bridgehead atoms. The molecule has 4 atom stereocenters. The van der Waals surface area contributed by atoms with E-state index in [2.05, 4.69) is 4.98 Å². The molecule has 3 rings (SSSR count). The van der Waals surface area contributed by atoms with Crippen molar-refractivity contribution in [2.45, 2.75) is 44.8 Å². The highest BCUT2D eigenvalue weighted by Crippen LogP contribution is 2.50. The van der Waals surface area contributed by atoms with Gasteiger partial charge in [0.15, 0.2) is 0 Å². The summed E-state index contributed by atoms with van der Waals surface area (Å²) >= 11 is 5.92. The first-order valence-corrected chi connectivity index (χ1v) is 8.91. The van der Waals surface area contributed by atoms with E-state index in [0.717, 1.165) is 0 Å². The number of anilines is 1. The maximum atomic E-state index is 11.9. The van der Waals surface area contributed by atoms with Crippen LogP contribution in [0.15, 0.2) is 11.0 Å². The summed E-state index contributed by atoms with van der Waals surface area (Å²) in [6.45, 7) is 2.44. The highest BCUT2D eigenvalue weighted by Gasteiger charge is 2.43. The Morgan fingerprint density at radius 1 is 1.52 bits per heavy atom. The Bertz CT molecular complexity index is 638. The number of hydrogen-bond donors (Lipinski definition) is 1. The first-order chi connectivity index (χ1) is 11.8. The van der Waals surface area contributed by atoms with Crippen molar-refractivity contribution in [1.82, 2.24) is 9.55 Å². The summed E-state index contributed by atoms with van der Waals surface area (Å²) in [7, 11) is -1.38. The van der Waals surface area contributed by atoms with Crippen molar-refractivity contribution in [3.63, 3.8) is 0 Å². The molecule has 2 fully saturated rings. The third-order valence-electron chi connectivity index (χ3n) is 3.29. The normalized spacial score (nSPS) is 28.4. The Hall–Kier alpha value is -0.900. The SMILES string of the molecule is CC(C)OP1OCC2OC(n3cc(Cl)c(N)nc3=O)CC2O1.FCF. The molecule has 1 aromatic heterocycles. The van der Waals surface area contributed by atoms with E-state index in [4.69, 9.17) is 35.6 Å². The number of hydrogen-bond acceptors (Lipinski definition) is 7. The van der Waals surface area contributed by atoms with Gasteiger partial charge in [-0.1, -0.05) is 11.6 Å². The van der Waals surface area contributed by atoms with Gasteiger partial charge in [0.2, 0.25) is 6.93 Å². The molecule has 0 aromatic carbocycles. The van der Waals surface area contributed by atoms with Crippen LogP contribution in [0.4, 0.5) is 14.6 Å². The van der Waals surface area contributed by atoms with Crippen LogP contribution in [0, 0.1) is 0 Å². The number of nitrogen functional groups attached to an aromatic ring is 1. The molecule has 25 heavy (non-hydrogen) atoms. The number of halogens is 3. The molecule has 0 amide bonds. The molecule has 4 unspecified atom stereocenters. The van der Waals surface area contributed by atoms with Gasteiger partial charge < -0.3 is 24.0 Å². The molecule has 0 radical (unpaired) electrons. The van der Waals surface area contributed by atoms with Crippen LogP contribution >= 0.6 is 20.2 Å². The molecule has 8 nitrogen and oxygen atoms in total. The van der Waals surface area contributed by atoms with Gasteiger partial charge in [0.1, 0.15) is 18.1 Å². The summed E-state index contributed by atoms with van der Waals surface area (Å²) < 4.78 is 43.2. The van der Waals surface area contributed by atoms with Gasteiger partial charge in [-0.3, -0.25) is 4.57 Å². The van der Waals surface area contributed by atoms with Crippen LogP contribution in [0.3, 0.4) is 0 Å². The van der Waals surface area contributed by atoms with E-state index in [0.29, 0.717) is 13.0 Å². The summed E-state index contributed by atoms with van der Waals surface area (Å²) in [5.41, 5.74) is 5.01. The first kappa shape index (κ1) is 20.4. The Morgan fingerprint density at radius 3 is 2.84 bits per heavy atom. The largest absolute Gasteiger partial charge is 0.382 e. The van der Waals surface area contributed by atoms with Gasteiger partial charge in [-0.15, -0.1) is 0 Å². The minimum atomic E-state index is -1.75. The van der Waals surface area contributed by atoms with E-state index in [9.17, 15) is 13.6 Å². The lowest BCUT2D eigenvalue weighted by Crippen LogP contribution is -2.32. The number of rotatable bonds is 3. The van der Waals surface area contributed by atoms with Gasteiger partial charge in [0, 0.05) is 12.6 Å². The topological polar surface area (TPSA) is 97.8 Å². The van der Waals surface area contributed by atoms with Crippen molar-refractivity contribution in [1.29, 1.82) is 0 Å².